The molecule has 4 aliphatic carbocycles. The summed E-state index contributed by atoms with van der Waals surface area (Å²) < 4.78 is 79.2. The zero-order valence-electron chi connectivity index (χ0n) is 38.6. The first-order valence-corrected chi connectivity index (χ1v) is 25.2. The van der Waals surface area contributed by atoms with Crippen LogP contribution in [0.1, 0.15) is 188 Å². The Morgan fingerprint density at radius 3 is 0.967 bits per heavy atom. The quantitative estimate of drug-likeness (QED) is 0.0926. The van der Waals surface area contributed by atoms with Crippen molar-refractivity contribution in [2.75, 3.05) is 26.4 Å². The second-order valence-corrected chi connectivity index (χ2v) is 19.5. The van der Waals surface area contributed by atoms with Crippen LogP contribution in [0, 0.1) is 70.6 Å². The van der Waals surface area contributed by atoms with E-state index in [1.807, 2.05) is 13.8 Å². The Morgan fingerprint density at radius 1 is 0.361 bits per heavy atom. The smallest absolute Gasteiger partial charge is 0.204 e. The molecule has 0 spiro atoms. The molecule has 0 radical (unpaired) electrons. The van der Waals surface area contributed by atoms with Crippen molar-refractivity contribution < 1.29 is 36.5 Å². The summed E-state index contributed by atoms with van der Waals surface area (Å²) in [4.78, 5) is 0. The third kappa shape index (κ3) is 15.5. The molecule has 0 aromatic heterocycles. The third-order valence-corrected chi connectivity index (χ3v) is 15.0. The summed E-state index contributed by atoms with van der Waals surface area (Å²) in [5.41, 5.74) is 0. The Balaban J connectivity index is 0.000000231. The number of rotatable bonds is 21. The first-order valence-electron chi connectivity index (χ1n) is 25.2. The lowest BCUT2D eigenvalue weighted by molar-refractivity contribution is 0.120. The van der Waals surface area contributed by atoms with E-state index in [0.717, 1.165) is 86.9 Å². The van der Waals surface area contributed by atoms with E-state index in [-0.39, 0.29) is 23.0 Å². The van der Waals surface area contributed by atoms with Gasteiger partial charge in [-0.3, -0.25) is 0 Å². The maximum atomic E-state index is 14.4. The Labute approximate surface area is 368 Å². The van der Waals surface area contributed by atoms with Crippen LogP contribution in [0.4, 0.5) is 17.6 Å². The minimum Gasteiger partial charge on any atom is -0.490 e. The third-order valence-electron chi connectivity index (χ3n) is 15.0. The molecule has 0 aliphatic heterocycles. The molecule has 4 aliphatic rings. The highest BCUT2D eigenvalue weighted by atomic mass is 19.2. The molecule has 346 valence electrons. The second-order valence-electron chi connectivity index (χ2n) is 19.5. The van der Waals surface area contributed by atoms with E-state index in [1.165, 1.54) is 133 Å². The van der Waals surface area contributed by atoms with Gasteiger partial charge in [-0.15, -0.1) is 0 Å². The molecule has 0 heterocycles. The van der Waals surface area contributed by atoms with Crippen molar-refractivity contribution in [2.24, 2.45) is 47.3 Å². The normalized spacial score (nSPS) is 26.8. The number of halogens is 4. The highest BCUT2D eigenvalue weighted by Crippen LogP contribution is 2.44. The van der Waals surface area contributed by atoms with Gasteiger partial charge in [0.2, 0.25) is 23.3 Å². The number of unbranched alkanes of at least 4 members (excludes halogenated alkanes) is 3. The van der Waals surface area contributed by atoms with Crippen LogP contribution < -0.4 is 18.9 Å². The minimum atomic E-state index is -0.939. The summed E-state index contributed by atoms with van der Waals surface area (Å²) in [6.45, 7) is 10.4. The van der Waals surface area contributed by atoms with Crippen molar-refractivity contribution in [3.63, 3.8) is 0 Å². The number of hydrogen-bond donors (Lipinski definition) is 0. The molecule has 0 atom stereocenters. The van der Waals surface area contributed by atoms with E-state index in [0.29, 0.717) is 38.3 Å². The van der Waals surface area contributed by atoms with Crippen molar-refractivity contribution in [1.82, 2.24) is 0 Å². The van der Waals surface area contributed by atoms with Crippen LogP contribution in [-0.4, -0.2) is 26.4 Å². The van der Waals surface area contributed by atoms with Crippen molar-refractivity contribution in [2.45, 2.75) is 188 Å². The van der Waals surface area contributed by atoms with E-state index in [2.05, 4.69) is 13.8 Å². The first kappa shape index (κ1) is 49.4. The van der Waals surface area contributed by atoms with E-state index in [9.17, 15) is 17.6 Å². The van der Waals surface area contributed by atoms with Crippen LogP contribution in [0.25, 0.3) is 0 Å². The molecule has 2 aromatic rings. The summed E-state index contributed by atoms with van der Waals surface area (Å²) in [5.74, 6) is 2.59. The largest absolute Gasteiger partial charge is 0.490 e. The summed E-state index contributed by atoms with van der Waals surface area (Å²) in [7, 11) is 0. The SMILES string of the molecule is CCCCOc1ccc(OCC2CCC(C3CCC(CCC)CC3)CC2)c(F)c1F.CCCCOc1ccc(OCC2CCC(C3CCC(CCCC)CC3)CC2)c(F)c1F. The van der Waals surface area contributed by atoms with E-state index in [1.54, 1.807) is 0 Å². The van der Waals surface area contributed by atoms with E-state index < -0.39 is 23.3 Å². The maximum absolute atomic E-state index is 14.4. The van der Waals surface area contributed by atoms with Crippen LogP contribution in [0.5, 0.6) is 23.0 Å². The number of hydrogen-bond acceptors (Lipinski definition) is 4. The van der Waals surface area contributed by atoms with Gasteiger partial charge in [0, 0.05) is 0 Å². The molecule has 61 heavy (non-hydrogen) atoms. The molecule has 0 bridgehead atoms. The summed E-state index contributed by atoms with van der Waals surface area (Å²) in [5, 5.41) is 0. The fourth-order valence-electron chi connectivity index (χ4n) is 11.0. The second kappa shape index (κ2) is 26.9. The number of ether oxygens (including phenoxy) is 4. The lowest BCUT2D eigenvalue weighted by Crippen LogP contribution is -2.27. The molecular weight excluding hydrogens is 777 g/mol. The van der Waals surface area contributed by atoms with Gasteiger partial charge in [-0.1, -0.05) is 98.3 Å². The fourth-order valence-corrected chi connectivity index (χ4v) is 11.0. The molecule has 4 saturated carbocycles. The van der Waals surface area contributed by atoms with Crippen LogP contribution in [0.2, 0.25) is 0 Å². The average Bonchev–Trinajstić information content (AvgIpc) is 3.29. The van der Waals surface area contributed by atoms with Gasteiger partial charge in [-0.05, 0) is 162 Å². The topological polar surface area (TPSA) is 36.9 Å². The van der Waals surface area contributed by atoms with Gasteiger partial charge in [-0.2, -0.15) is 17.6 Å². The van der Waals surface area contributed by atoms with Gasteiger partial charge >= 0.3 is 0 Å². The van der Waals surface area contributed by atoms with Crippen LogP contribution >= 0.6 is 0 Å². The monoisotopic (exact) mass is 859 g/mol. The standard InChI is InChI=1S/C27H42F2O2.C26H40F2O2/c1-3-5-7-20-8-12-22(13-9-20)23-14-10-21(11-15-23)19-31-25-17-16-24(26(28)27(25)29)30-18-6-4-2;1-3-5-17-29-23-15-16-24(26(28)25(23)27)30-18-20-9-13-22(14-10-20)21-11-7-19(6-4-2)8-12-21/h16-17,20-23H,3-15,18-19H2,1-2H3;15-16,19-22H,3-14,17-18H2,1-2H3. The van der Waals surface area contributed by atoms with Crippen molar-refractivity contribution in [1.29, 1.82) is 0 Å². The van der Waals surface area contributed by atoms with E-state index >= 15 is 0 Å². The minimum absolute atomic E-state index is 0.00621. The number of benzene rings is 2. The summed E-state index contributed by atoms with van der Waals surface area (Å²) in [6, 6.07) is 5.97. The van der Waals surface area contributed by atoms with Gasteiger partial charge in [0.25, 0.3) is 0 Å². The van der Waals surface area contributed by atoms with Crippen molar-refractivity contribution in [3.8, 4) is 23.0 Å². The Hall–Kier alpha value is -2.64. The zero-order chi connectivity index (χ0) is 43.4. The zero-order valence-corrected chi connectivity index (χ0v) is 38.6. The van der Waals surface area contributed by atoms with Crippen molar-refractivity contribution >= 4 is 0 Å². The Bertz CT molecular complexity index is 1500. The summed E-state index contributed by atoms with van der Waals surface area (Å²) >= 11 is 0. The summed E-state index contributed by atoms with van der Waals surface area (Å²) in [6.07, 6.45) is 31.4. The molecule has 2 aromatic carbocycles. The highest BCUT2D eigenvalue weighted by Gasteiger charge is 2.33. The predicted molar refractivity (Wildman–Crippen MR) is 241 cm³/mol. The molecule has 6 rings (SSSR count). The maximum Gasteiger partial charge on any atom is 0.204 e. The van der Waals surface area contributed by atoms with Gasteiger partial charge in [0.05, 0.1) is 26.4 Å². The van der Waals surface area contributed by atoms with Gasteiger partial charge in [0.15, 0.2) is 23.0 Å². The molecule has 0 saturated heterocycles. The molecule has 0 N–H and O–H groups in total. The molecule has 0 unspecified atom stereocenters. The van der Waals surface area contributed by atoms with Gasteiger partial charge in [0.1, 0.15) is 0 Å². The van der Waals surface area contributed by atoms with Crippen molar-refractivity contribution in [3.05, 3.63) is 47.5 Å². The van der Waals surface area contributed by atoms with Gasteiger partial charge < -0.3 is 18.9 Å². The van der Waals surface area contributed by atoms with E-state index in [4.69, 9.17) is 18.9 Å². The fraction of sp³-hybridized carbons (Fsp3) is 0.774. The van der Waals surface area contributed by atoms with Crippen LogP contribution in [-0.2, 0) is 0 Å². The Kier molecular flexibility index (Phi) is 21.7. The molecular formula is C53H82F4O4. The molecule has 8 heteroatoms. The Morgan fingerprint density at radius 2 is 0.656 bits per heavy atom. The van der Waals surface area contributed by atoms with Gasteiger partial charge in [-0.25, -0.2) is 0 Å². The molecule has 0 amide bonds. The van der Waals surface area contributed by atoms with Crippen LogP contribution in [0.15, 0.2) is 24.3 Å². The molecule has 4 nitrogen and oxygen atoms in total. The lowest BCUT2D eigenvalue weighted by Gasteiger charge is -2.38. The molecule has 4 fully saturated rings. The van der Waals surface area contributed by atoms with Crippen LogP contribution in [0.3, 0.4) is 0 Å². The highest BCUT2D eigenvalue weighted by molar-refractivity contribution is 5.36. The lowest BCUT2D eigenvalue weighted by atomic mass is 9.69. The average molecular weight is 859 g/mol. The predicted octanol–water partition coefficient (Wildman–Crippen LogP) is 16.3. The first-order chi connectivity index (χ1) is 29.7.